The van der Waals surface area contributed by atoms with Crippen LogP contribution in [0.15, 0.2) is 4.42 Å². The van der Waals surface area contributed by atoms with Gasteiger partial charge in [0.15, 0.2) is 0 Å². The van der Waals surface area contributed by atoms with Gasteiger partial charge in [0.05, 0.1) is 13.2 Å². The topological polar surface area (TPSA) is 65.6 Å². The first kappa shape index (κ1) is 14.0. The van der Waals surface area contributed by atoms with Gasteiger partial charge in [0, 0.05) is 38.1 Å². The van der Waals surface area contributed by atoms with Crippen LogP contribution >= 0.6 is 0 Å². The summed E-state index contributed by atoms with van der Waals surface area (Å²) in [4.78, 5) is 4.73. The third-order valence-electron chi connectivity index (χ3n) is 4.37. The van der Waals surface area contributed by atoms with Gasteiger partial charge in [0.25, 0.3) is 0 Å². The maximum absolute atomic E-state index is 9.35. The van der Waals surface area contributed by atoms with Crippen LogP contribution < -0.4 is 0 Å². The highest BCUT2D eigenvalue weighted by molar-refractivity contribution is 5.00. The minimum absolute atomic E-state index is 0.255. The molecule has 1 unspecified atom stereocenters. The summed E-state index contributed by atoms with van der Waals surface area (Å²) in [5, 5.41) is 17.6. The zero-order chi connectivity index (χ0) is 13.9. The maximum Gasteiger partial charge on any atom is 0.230 e. The molecule has 1 N–H and O–H groups in total. The minimum Gasteiger partial charge on any atom is -0.424 e. The number of rotatable bonds is 6. The Bertz CT molecular complexity index is 421. The molecule has 2 aliphatic rings. The smallest absolute Gasteiger partial charge is 0.230 e. The molecule has 0 amide bonds. The quantitative estimate of drug-likeness (QED) is 0.833. The van der Waals surface area contributed by atoms with E-state index in [1.165, 1.54) is 12.8 Å². The van der Waals surface area contributed by atoms with E-state index in [4.69, 9.17) is 4.42 Å². The molecule has 0 bridgehead atoms. The average molecular weight is 280 g/mol. The summed E-state index contributed by atoms with van der Waals surface area (Å²) >= 11 is 0. The van der Waals surface area contributed by atoms with Crippen LogP contribution in [0.5, 0.6) is 0 Å². The van der Waals surface area contributed by atoms with Gasteiger partial charge < -0.3 is 9.52 Å². The number of aromatic nitrogens is 2. The van der Waals surface area contributed by atoms with Crippen LogP contribution in [-0.4, -0.2) is 63.9 Å². The van der Waals surface area contributed by atoms with Crippen molar-refractivity contribution >= 4 is 0 Å². The van der Waals surface area contributed by atoms with E-state index in [0.717, 1.165) is 50.9 Å². The molecule has 1 aliphatic heterocycles. The first-order chi connectivity index (χ1) is 9.80. The lowest BCUT2D eigenvalue weighted by Crippen LogP contribution is -2.50. The Hall–Kier alpha value is -0.980. The summed E-state index contributed by atoms with van der Waals surface area (Å²) in [6.45, 7) is 7.14. The highest BCUT2D eigenvalue weighted by Crippen LogP contribution is 2.39. The number of nitrogens with zero attached hydrogens (tertiary/aromatic N) is 4. The van der Waals surface area contributed by atoms with Gasteiger partial charge in [-0.25, -0.2) is 0 Å². The van der Waals surface area contributed by atoms with Crippen molar-refractivity contribution in [3.63, 3.8) is 0 Å². The van der Waals surface area contributed by atoms with E-state index in [9.17, 15) is 5.11 Å². The van der Waals surface area contributed by atoms with Crippen molar-refractivity contribution < 1.29 is 9.52 Å². The summed E-state index contributed by atoms with van der Waals surface area (Å²) in [6.07, 6.45) is 3.39. The van der Waals surface area contributed by atoms with Crippen molar-refractivity contribution in [1.29, 1.82) is 0 Å². The Labute approximate surface area is 119 Å². The predicted molar refractivity (Wildman–Crippen MR) is 74.3 cm³/mol. The molecular formula is C14H24N4O2. The fourth-order valence-corrected chi connectivity index (χ4v) is 2.81. The second-order valence-corrected chi connectivity index (χ2v) is 5.87. The van der Waals surface area contributed by atoms with E-state index in [-0.39, 0.29) is 6.61 Å². The van der Waals surface area contributed by atoms with Crippen LogP contribution in [0, 0.1) is 0 Å². The molecule has 3 rings (SSSR count). The van der Waals surface area contributed by atoms with E-state index in [1.54, 1.807) is 0 Å². The molecule has 1 aromatic heterocycles. The fraction of sp³-hybridized carbons (Fsp3) is 0.857. The maximum atomic E-state index is 9.35. The second-order valence-electron chi connectivity index (χ2n) is 5.87. The Kier molecular flexibility index (Phi) is 4.33. The number of hydrogen-bond acceptors (Lipinski definition) is 6. The van der Waals surface area contributed by atoms with Gasteiger partial charge in [-0.3, -0.25) is 9.80 Å². The Morgan fingerprint density at radius 3 is 2.60 bits per heavy atom. The van der Waals surface area contributed by atoms with Crippen molar-refractivity contribution in [2.75, 3.05) is 32.8 Å². The number of piperazine rings is 1. The monoisotopic (exact) mass is 280 g/mol. The van der Waals surface area contributed by atoms with Crippen LogP contribution in [0.4, 0.5) is 0 Å². The molecule has 20 heavy (non-hydrogen) atoms. The van der Waals surface area contributed by atoms with Crippen molar-refractivity contribution in [3.05, 3.63) is 11.8 Å². The van der Waals surface area contributed by atoms with E-state index in [1.807, 2.05) is 0 Å². The molecule has 112 valence electrons. The van der Waals surface area contributed by atoms with Gasteiger partial charge in [-0.2, -0.15) is 0 Å². The molecule has 1 aromatic rings. The highest BCUT2D eigenvalue weighted by Gasteiger charge is 2.30. The van der Waals surface area contributed by atoms with Crippen molar-refractivity contribution in [3.8, 4) is 0 Å². The van der Waals surface area contributed by atoms with Gasteiger partial charge >= 0.3 is 0 Å². The molecular weight excluding hydrogens is 256 g/mol. The van der Waals surface area contributed by atoms with Crippen molar-refractivity contribution in [2.24, 2.45) is 0 Å². The van der Waals surface area contributed by atoms with Crippen molar-refractivity contribution in [1.82, 2.24) is 20.0 Å². The third-order valence-corrected chi connectivity index (χ3v) is 4.37. The van der Waals surface area contributed by atoms with Gasteiger partial charge in [0.1, 0.15) is 0 Å². The standard InChI is InChI=1S/C14H24N4O2/c1-2-12(10-19)18-7-5-17(6-8-18)9-13-15-16-14(20-13)11-3-4-11/h11-12,19H,2-10H2,1H3. The SMILES string of the molecule is CCC(CO)N1CCN(Cc2nnc(C3CC3)o2)CC1. The van der Waals surface area contributed by atoms with Crippen LogP contribution in [0.2, 0.25) is 0 Å². The van der Waals surface area contributed by atoms with E-state index in [2.05, 4.69) is 26.9 Å². The number of hydrogen-bond donors (Lipinski definition) is 1. The molecule has 6 heteroatoms. The highest BCUT2D eigenvalue weighted by atomic mass is 16.4. The number of aliphatic hydroxyl groups excluding tert-OH is 1. The molecule has 1 saturated carbocycles. The molecule has 2 fully saturated rings. The minimum atomic E-state index is 0.255. The molecule has 1 saturated heterocycles. The van der Waals surface area contributed by atoms with Crippen LogP contribution in [0.1, 0.15) is 43.9 Å². The largest absolute Gasteiger partial charge is 0.424 e. The third kappa shape index (κ3) is 3.19. The lowest BCUT2D eigenvalue weighted by atomic mass is 10.1. The van der Waals surface area contributed by atoms with Crippen LogP contribution in [0.25, 0.3) is 0 Å². The fourth-order valence-electron chi connectivity index (χ4n) is 2.81. The van der Waals surface area contributed by atoms with Crippen molar-refractivity contribution in [2.45, 2.75) is 44.7 Å². The predicted octanol–water partition coefficient (Wildman–Crippen LogP) is 0.835. The molecule has 6 nitrogen and oxygen atoms in total. The Morgan fingerprint density at radius 1 is 1.25 bits per heavy atom. The van der Waals surface area contributed by atoms with E-state index >= 15 is 0 Å². The molecule has 0 radical (unpaired) electrons. The van der Waals surface area contributed by atoms with Gasteiger partial charge in [-0.15, -0.1) is 10.2 Å². The summed E-state index contributed by atoms with van der Waals surface area (Å²) in [6, 6.07) is 0.307. The van der Waals surface area contributed by atoms with Crippen LogP contribution in [0.3, 0.4) is 0 Å². The lowest BCUT2D eigenvalue weighted by molar-refractivity contribution is 0.0574. The summed E-state index contributed by atoms with van der Waals surface area (Å²) in [5.74, 6) is 2.10. The number of aliphatic hydroxyl groups is 1. The molecule has 1 atom stereocenters. The molecule has 1 aliphatic carbocycles. The zero-order valence-electron chi connectivity index (χ0n) is 12.2. The van der Waals surface area contributed by atoms with Gasteiger partial charge in [0.2, 0.25) is 11.8 Å². The van der Waals surface area contributed by atoms with Gasteiger partial charge in [-0.1, -0.05) is 6.92 Å². The molecule has 0 spiro atoms. The van der Waals surface area contributed by atoms with E-state index < -0.39 is 0 Å². The zero-order valence-corrected chi connectivity index (χ0v) is 12.2. The Morgan fingerprint density at radius 2 is 2.00 bits per heavy atom. The Balaban J connectivity index is 1.47. The summed E-state index contributed by atoms with van der Waals surface area (Å²) < 4.78 is 5.71. The lowest BCUT2D eigenvalue weighted by Gasteiger charge is -2.37. The van der Waals surface area contributed by atoms with Gasteiger partial charge in [-0.05, 0) is 19.3 Å². The summed E-state index contributed by atoms with van der Waals surface area (Å²) in [7, 11) is 0. The average Bonchev–Trinajstić information content (AvgIpc) is 3.23. The second kappa shape index (κ2) is 6.20. The van der Waals surface area contributed by atoms with Crippen LogP contribution in [-0.2, 0) is 6.54 Å². The van der Waals surface area contributed by atoms with E-state index in [0.29, 0.717) is 12.0 Å². The normalized spacial score (nSPS) is 23.1. The first-order valence-corrected chi connectivity index (χ1v) is 7.69. The molecule has 0 aromatic carbocycles. The summed E-state index contributed by atoms with van der Waals surface area (Å²) in [5.41, 5.74) is 0. The molecule has 2 heterocycles. The first-order valence-electron chi connectivity index (χ1n) is 7.69.